The Hall–Kier alpha value is -2.42. The first-order chi connectivity index (χ1) is 16.1. The molecule has 3 unspecified atom stereocenters. The van der Waals surface area contributed by atoms with Gasteiger partial charge >= 0.3 is 5.97 Å². The van der Waals surface area contributed by atoms with E-state index in [0.29, 0.717) is 30.0 Å². The van der Waals surface area contributed by atoms with Crippen LogP contribution >= 0.6 is 11.6 Å². The van der Waals surface area contributed by atoms with Crippen molar-refractivity contribution in [3.8, 4) is 0 Å². The predicted molar refractivity (Wildman–Crippen MR) is 126 cm³/mol. The van der Waals surface area contributed by atoms with Crippen molar-refractivity contribution in [1.29, 1.82) is 0 Å². The minimum Gasteiger partial charge on any atom is -0.481 e. The summed E-state index contributed by atoms with van der Waals surface area (Å²) in [5.74, 6) is -4.00. The van der Waals surface area contributed by atoms with Crippen LogP contribution in [0.5, 0.6) is 0 Å². The summed E-state index contributed by atoms with van der Waals surface area (Å²) in [6, 6.07) is 5.93. The third-order valence-electron chi connectivity index (χ3n) is 7.84. The highest BCUT2D eigenvalue weighted by molar-refractivity contribution is 6.34. The lowest BCUT2D eigenvalue weighted by molar-refractivity contribution is -0.156. The highest BCUT2D eigenvalue weighted by Crippen LogP contribution is 2.65. The van der Waals surface area contributed by atoms with Crippen LogP contribution in [-0.2, 0) is 19.1 Å². The van der Waals surface area contributed by atoms with Crippen LogP contribution in [0.25, 0.3) is 0 Å². The Bertz CT molecular complexity index is 1020. The van der Waals surface area contributed by atoms with Crippen LogP contribution in [0.1, 0.15) is 33.1 Å². The number of unbranched alkanes of at least 4 members (excludes halogenated alkanes) is 1. The number of carbonyl (C=O) groups is 3. The van der Waals surface area contributed by atoms with E-state index in [1.807, 2.05) is 6.92 Å². The molecule has 3 saturated heterocycles. The number of carboxylic acid groups (broad SMARTS) is 1. The minimum atomic E-state index is -1.24. The van der Waals surface area contributed by atoms with Gasteiger partial charge in [0.15, 0.2) is 0 Å². The van der Waals surface area contributed by atoms with Gasteiger partial charge in [-0.1, -0.05) is 36.7 Å². The maximum atomic E-state index is 14.2. The number of benzene rings is 1. The standard InChI is InChI=1S/C25H31ClN2O6/c1-4-11-27(17-10-6-5-9-16(17)26)22(31)20-25-14-15(2)24(3,34-25)19(23(32)33)18(25)21(30)28(20)12-7-8-13-29/h4-6,9-10,15,18-20,29H,1,7-8,11-14H2,2-3H3,(H,32,33)/t15?,18-,19-,20?,24+,25?/m0/s1. The molecule has 4 rings (SSSR count). The van der Waals surface area contributed by atoms with Crippen molar-refractivity contribution in [3.63, 3.8) is 0 Å². The molecule has 34 heavy (non-hydrogen) atoms. The summed E-state index contributed by atoms with van der Waals surface area (Å²) in [5.41, 5.74) is -1.81. The van der Waals surface area contributed by atoms with Crippen molar-refractivity contribution in [3.05, 3.63) is 41.9 Å². The summed E-state index contributed by atoms with van der Waals surface area (Å²) in [7, 11) is 0. The molecule has 0 saturated carbocycles. The van der Waals surface area contributed by atoms with Gasteiger partial charge in [-0.15, -0.1) is 6.58 Å². The summed E-state index contributed by atoms with van der Waals surface area (Å²) in [4.78, 5) is 43.3. The molecular formula is C25H31ClN2O6. The van der Waals surface area contributed by atoms with Crippen LogP contribution in [-0.4, -0.2) is 69.8 Å². The van der Waals surface area contributed by atoms with E-state index in [0.717, 1.165) is 0 Å². The number of hydrogen-bond donors (Lipinski definition) is 2. The van der Waals surface area contributed by atoms with E-state index in [1.165, 1.54) is 9.80 Å². The monoisotopic (exact) mass is 490 g/mol. The minimum absolute atomic E-state index is 0.0409. The van der Waals surface area contributed by atoms with Crippen LogP contribution in [0.3, 0.4) is 0 Å². The number of aliphatic carboxylic acids is 1. The fourth-order valence-corrected chi connectivity index (χ4v) is 6.52. The highest BCUT2D eigenvalue weighted by atomic mass is 35.5. The average molecular weight is 491 g/mol. The second kappa shape index (κ2) is 8.98. The van der Waals surface area contributed by atoms with Gasteiger partial charge in [0.1, 0.15) is 17.6 Å². The third-order valence-corrected chi connectivity index (χ3v) is 8.16. The third kappa shape index (κ3) is 3.46. The Labute approximate surface area is 204 Å². The molecule has 3 heterocycles. The summed E-state index contributed by atoms with van der Waals surface area (Å²) in [6.07, 6.45) is 2.93. The second-order valence-electron chi connectivity index (χ2n) is 9.69. The lowest BCUT2D eigenvalue weighted by Gasteiger charge is -2.37. The van der Waals surface area contributed by atoms with E-state index in [9.17, 15) is 24.6 Å². The first kappa shape index (κ1) is 24.7. The van der Waals surface area contributed by atoms with Gasteiger partial charge in [-0.25, -0.2) is 0 Å². The number of likely N-dealkylation sites (tertiary alicyclic amines) is 1. The highest BCUT2D eigenvalue weighted by Gasteiger charge is 2.80. The van der Waals surface area contributed by atoms with Gasteiger partial charge in [0, 0.05) is 19.7 Å². The molecule has 2 amide bonds. The second-order valence-corrected chi connectivity index (χ2v) is 10.1. The lowest BCUT2D eigenvalue weighted by Crippen LogP contribution is -2.57. The topological polar surface area (TPSA) is 107 Å². The largest absolute Gasteiger partial charge is 0.481 e. The van der Waals surface area contributed by atoms with Crippen LogP contribution < -0.4 is 4.90 Å². The van der Waals surface area contributed by atoms with E-state index < -0.39 is 35.0 Å². The zero-order valence-electron chi connectivity index (χ0n) is 19.4. The Morgan fingerprint density at radius 1 is 1.35 bits per heavy atom. The van der Waals surface area contributed by atoms with Gasteiger partial charge in [0.05, 0.1) is 22.2 Å². The van der Waals surface area contributed by atoms with E-state index in [2.05, 4.69) is 6.58 Å². The number of aliphatic hydroxyl groups is 1. The molecule has 1 spiro atoms. The molecule has 0 radical (unpaired) electrons. The van der Waals surface area contributed by atoms with Crippen molar-refractivity contribution in [2.24, 2.45) is 17.8 Å². The van der Waals surface area contributed by atoms with Crippen molar-refractivity contribution in [2.75, 3.05) is 24.6 Å². The molecule has 3 fully saturated rings. The fourth-order valence-electron chi connectivity index (χ4n) is 6.28. The Morgan fingerprint density at radius 3 is 2.68 bits per heavy atom. The average Bonchev–Trinajstić information content (AvgIpc) is 3.29. The first-order valence-corrected chi connectivity index (χ1v) is 12.0. The van der Waals surface area contributed by atoms with Crippen LogP contribution in [0, 0.1) is 17.8 Å². The zero-order valence-corrected chi connectivity index (χ0v) is 20.2. The quantitative estimate of drug-likeness (QED) is 0.407. The molecule has 0 aliphatic carbocycles. The Kier molecular flexibility index (Phi) is 6.52. The molecule has 2 N–H and O–H groups in total. The first-order valence-electron chi connectivity index (χ1n) is 11.6. The molecule has 0 aromatic heterocycles. The predicted octanol–water partition coefficient (Wildman–Crippen LogP) is 2.73. The zero-order chi connectivity index (χ0) is 24.8. The number of para-hydroxylation sites is 1. The number of nitrogens with zero attached hydrogens (tertiary/aromatic N) is 2. The Morgan fingerprint density at radius 2 is 2.06 bits per heavy atom. The van der Waals surface area contributed by atoms with E-state index in [1.54, 1.807) is 37.3 Å². The SMILES string of the molecule is C=CCN(C(=O)C1N(CCCCO)C(=O)[C@@H]2[C@@H](C(=O)O)[C@]3(C)OC12CC3C)c1ccccc1Cl. The van der Waals surface area contributed by atoms with Crippen molar-refractivity contribution < 1.29 is 29.3 Å². The van der Waals surface area contributed by atoms with Gasteiger partial charge in [0.25, 0.3) is 5.91 Å². The molecule has 1 aromatic rings. The molecule has 184 valence electrons. The number of halogens is 1. The van der Waals surface area contributed by atoms with Crippen LogP contribution in [0.15, 0.2) is 36.9 Å². The van der Waals surface area contributed by atoms with E-state index in [-0.39, 0.29) is 37.4 Å². The number of rotatable bonds is 9. The summed E-state index contributed by atoms with van der Waals surface area (Å²) >= 11 is 6.43. The Balaban J connectivity index is 1.82. The van der Waals surface area contributed by atoms with Crippen LogP contribution in [0.2, 0.25) is 5.02 Å². The number of anilines is 1. The van der Waals surface area contributed by atoms with Crippen LogP contribution in [0.4, 0.5) is 5.69 Å². The number of carboxylic acids is 1. The molecule has 3 aliphatic rings. The maximum Gasteiger partial charge on any atom is 0.310 e. The smallest absolute Gasteiger partial charge is 0.310 e. The van der Waals surface area contributed by atoms with Crippen molar-refractivity contribution in [2.45, 2.75) is 50.4 Å². The van der Waals surface area contributed by atoms with E-state index in [4.69, 9.17) is 16.3 Å². The molecule has 8 nitrogen and oxygen atoms in total. The molecule has 6 atom stereocenters. The van der Waals surface area contributed by atoms with Gasteiger partial charge in [-0.05, 0) is 44.2 Å². The van der Waals surface area contributed by atoms with Gasteiger partial charge < -0.3 is 24.7 Å². The van der Waals surface area contributed by atoms with Gasteiger partial charge in [-0.3, -0.25) is 14.4 Å². The normalized spacial score (nSPS) is 33.8. The van der Waals surface area contributed by atoms with E-state index >= 15 is 0 Å². The fraction of sp³-hybridized carbons (Fsp3) is 0.560. The summed E-state index contributed by atoms with van der Waals surface area (Å²) < 4.78 is 6.49. The molecule has 3 aliphatic heterocycles. The number of fused-ring (bicyclic) bond motifs is 1. The summed E-state index contributed by atoms with van der Waals surface area (Å²) in [6.45, 7) is 7.77. The maximum absolute atomic E-state index is 14.2. The number of aliphatic hydroxyl groups excluding tert-OH is 1. The van der Waals surface area contributed by atoms with Gasteiger partial charge in [-0.2, -0.15) is 0 Å². The van der Waals surface area contributed by atoms with Crippen molar-refractivity contribution in [1.82, 2.24) is 4.90 Å². The number of hydrogen-bond acceptors (Lipinski definition) is 5. The molecule has 9 heteroatoms. The van der Waals surface area contributed by atoms with Gasteiger partial charge in [0.2, 0.25) is 5.91 Å². The molecule has 2 bridgehead atoms. The molecule has 1 aromatic carbocycles. The van der Waals surface area contributed by atoms with Crippen molar-refractivity contribution >= 4 is 35.1 Å². The summed E-state index contributed by atoms with van der Waals surface area (Å²) in [5, 5.41) is 19.7. The lowest BCUT2D eigenvalue weighted by atomic mass is 9.62. The number of ether oxygens (including phenoxy) is 1. The molecular weight excluding hydrogens is 460 g/mol. The number of carbonyl (C=O) groups excluding carboxylic acids is 2. The number of amides is 2.